The standard InChI is InChI=1S/C24H29N3O4/c1-24(2,3)31-23(30)26-19-11-9-17(10-12-19)15-21(28)25-20-7-4-6-18(14-20)16-27-13-5-8-22(27)29/h4,6-7,9-12,14H,5,8,13,15-16H2,1-3H3,(H,25,28)(H,26,30). The van der Waals surface area contributed by atoms with Crippen molar-refractivity contribution >= 4 is 29.3 Å². The average molecular weight is 424 g/mol. The molecule has 3 rings (SSSR count). The number of likely N-dealkylation sites (tertiary alicyclic amines) is 1. The van der Waals surface area contributed by atoms with Gasteiger partial charge in [-0.05, 0) is 62.6 Å². The molecule has 0 radical (unpaired) electrons. The molecule has 0 unspecified atom stereocenters. The predicted molar refractivity (Wildman–Crippen MR) is 120 cm³/mol. The Morgan fingerprint density at radius 2 is 1.74 bits per heavy atom. The van der Waals surface area contributed by atoms with Crippen LogP contribution >= 0.6 is 0 Å². The Balaban J connectivity index is 1.52. The zero-order valence-corrected chi connectivity index (χ0v) is 18.2. The van der Waals surface area contributed by atoms with Crippen LogP contribution in [0.25, 0.3) is 0 Å². The number of hydrogen-bond acceptors (Lipinski definition) is 4. The Morgan fingerprint density at radius 3 is 2.39 bits per heavy atom. The van der Waals surface area contributed by atoms with Crippen LogP contribution in [0.2, 0.25) is 0 Å². The number of anilines is 2. The minimum Gasteiger partial charge on any atom is -0.444 e. The molecular weight excluding hydrogens is 394 g/mol. The molecule has 2 aromatic rings. The van der Waals surface area contributed by atoms with E-state index in [9.17, 15) is 14.4 Å². The number of nitrogens with one attached hydrogen (secondary N) is 2. The van der Waals surface area contributed by atoms with Crippen molar-refractivity contribution in [3.8, 4) is 0 Å². The van der Waals surface area contributed by atoms with Crippen LogP contribution in [-0.2, 0) is 27.3 Å². The summed E-state index contributed by atoms with van der Waals surface area (Å²) in [5.41, 5.74) is 2.56. The molecule has 2 aromatic carbocycles. The maximum absolute atomic E-state index is 12.4. The molecule has 0 saturated carbocycles. The first-order valence-corrected chi connectivity index (χ1v) is 10.4. The minimum atomic E-state index is -0.566. The summed E-state index contributed by atoms with van der Waals surface area (Å²) in [6.45, 7) is 6.75. The van der Waals surface area contributed by atoms with Crippen molar-refractivity contribution in [3.63, 3.8) is 0 Å². The van der Waals surface area contributed by atoms with Gasteiger partial charge < -0.3 is 15.0 Å². The van der Waals surface area contributed by atoms with Crippen molar-refractivity contribution in [2.24, 2.45) is 0 Å². The fourth-order valence-electron chi connectivity index (χ4n) is 3.36. The largest absolute Gasteiger partial charge is 0.444 e. The number of benzene rings is 2. The quantitative estimate of drug-likeness (QED) is 0.724. The number of carbonyl (C=O) groups is 3. The molecular formula is C24H29N3O4. The zero-order valence-electron chi connectivity index (χ0n) is 18.2. The molecule has 7 heteroatoms. The number of amides is 3. The van der Waals surface area contributed by atoms with Crippen LogP contribution in [0.4, 0.5) is 16.2 Å². The Morgan fingerprint density at radius 1 is 1.00 bits per heavy atom. The molecule has 0 aliphatic carbocycles. The number of carbonyl (C=O) groups excluding carboxylic acids is 3. The van der Waals surface area contributed by atoms with Crippen LogP contribution in [0.5, 0.6) is 0 Å². The van der Waals surface area contributed by atoms with Crippen LogP contribution in [-0.4, -0.2) is 35.0 Å². The summed E-state index contributed by atoms with van der Waals surface area (Å²) in [5.74, 6) is 0.0429. The van der Waals surface area contributed by atoms with Gasteiger partial charge in [0.15, 0.2) is 0 Å². The number of rotatable bonds is 6. The lowest BCUT2D eigenvalue weighted by Gasteiger charge is -2.19. The van der Waals surface area contributed by atoms with Gasteiger partial charge in [0.05, 0.1) is 6.42 Å². The number of ether oxygens (including phenoxy) is 1. The predicted octanol–water partition coefficient (Wildman–Crippen LogP) is 4.34. The summed E-state index contributed by atoms with van der Waals surface area (Å²) in [7, 11) is 0. The van der Waals surface area contributed by atoms with Gasteiger partial charge in [-0.1, -0.05) is 24.3 Å². The molecule has 1 fully saturated rings. The number of nitrogens with zero attached hydrogens (tertiary/aromatic N) is 1. The second-order valence-electron chi connectivity index (χ2n) is 8.67. The van der Waals surface area contributed by atoms with E-state index in [1.54, 1.807) is 45.0 Å². The van der Waals surface area contributed by atoms with E-state index in [1.807, 2.05) is 29.2 Å². The summed E-state index contributed by atoms with van der Waals surface area (Å²) in [4.78, 5) is 37.9. The third-order valence-electron chi connectivity index (χ3n) is 4.72. The van der Waals surface area contributed by atoms with Gasteiger partial charge >= 0.3 is 6.09 Å². The molecule has 0 bridgehead atoms. The van der Waals surface area contributed by atoms with E-state index in [0.717, 1.165) is 24.1 Å². The third kappa shape index (κ3) is 7.13. The first-order chi connectivity index (χ1) is 14.7. The van der Waals surface area contributed by atoms with Crippen molar-refractivity contribution in [1.29, 1.82) is 0 Å². The second-order valence-corrected chi connectivity index (χ2v) is 8.67. The van der Waals surface area contributed by atoms with Crippen LogP contribution in [0, 0.1) is 0 Å². The van der Waals surface area contributed by atoms with E-state index in [-0.39, 0.29) is 18.2 Å². The Bertz CT molecular complexity index is 948. The summed E-state index contributed by atoms with van der Waals surface area (Å²) in [5, 5.41) is 5.58. The smallest absolute Gasteiger partial charge is 0.412 e. The Labute approximate surface area is 182 Å². The van der Waals surface area contributed by atoms with Crippen LogP contribution in [0.1, 0.15) is 44.7 Å². The molecule has 0 spiro atoms. The summed E-state index contributed by atoms with van der Waals surface area (Å²) >= 11 is 0. The van der Waals surface area contributed by atoms with Crippen LogP contribution in [0.15, 0.2) is 48.5 Å². The van der Waals surface area contributed by atoms with E-state index in [0.29, 0.717) is 24.3 Å². The Kier molecular flexibility index (Phi) is 6.95. The van der Waals surface area contributed by atoms with Gasteiger partial charge in [0.25, 0.3) is 0 Å². The van der Waals surface area contributed by atoms with Crippen LogP contribution in [0.3, 0.4) is 0 Å². The monoisotopic (exact) mass is 423 g/mol. The third-order valence-corrected chi connectivity index (χ3v) is 4.72. The highest BCUT2D eigenvalue weighted by Crippen LogP contribution is 2.18. The van der Waals surface area contributed by atoms with E-state index in [4.69, 9.17) is 4.74 Å². The maximum Gasteiger partial charge on any atom is 0.412 e. The average Bonchev–Trinajstić information content (AvgIpc) is 3.06. The summed E-state index contributed by atoms with van der Waals surface area (Å²) < 4.78 is 5.22. The molecule has 0 aromatic heterocycles. The minimum absolute atomic E-state index is 0.137. The van der Waals surface area contributed by atoms with Gasteiger partial charge in [-0.25, -0.2) is 4.79 Å². The van der Waals surface area contributed by atoms with Gasteiger partial charge in [0.2, 0.25) is 11.8 Å². The maximum atomic E-state index is 12.4. The van der Waals surface area contributed by atoms with E-state index in [2.05, 4.69) is 10.6 Å². The lowest BCUT2D eigenvalue weighted by atomic mass is 10.1. The fourth-order valence-corrected chi connectivity index (χ4v) is 3.36. The van der Waals surface area contributed by atoms with E-state index in [1.165, 1.54) is 0 Å². The van der Waals surface area contributed by atoms with Gasteiger partial charge in [0.1, 0.15) is 5.60 Å². The van der Waals surface area contributed by atoms with Crippen molar-refractivity contribution in [2.45, 2.75) is 52.2 Å². The normalized spacial score (nSPS) is 13.8. The van der Waals surface area contributed by atoms with Gasteiger partial charge in [-0.15, -0.1) is 0 Å². The first-order valence-electron chi connectivity index (χ1n) is 10.4. The highest BCUT2D eigenvalue weighted by Gasteiger charge is 2.20. The Hall–Kier alpha value is -3.35. The van der Waals surface area contributed by atoms with Gasteiger partial charge in [-0.3, -0.25) is 14.9 Å². The van der Waals surface area contributed by atoms with E-state index < -0.39 is 11.7 Å². The molecule has 7 nitrogen and oxygen atoms in total. The second kappa shape index (κ2) is 9.64. The fraction of sp³-hybridized carbons (Fsp3) is 0.375. The highest BCUT2D eigenvalue weighted by atomic mass is 16.6. The SMILES string of the molecule is CC(C)(C)OC(=O)Nc1ccc(CC(=O)Nc2cccc(CN3CCCC3=O)c2)cc1. The molecule has 2 N–H and O–H groups in total. The zero-order chi connectivity index (χ0) is 22.4. The summed E-state index contributed by atoms with van der Waals surface area (Å²) in [6.07, 6.45) is 1.21. The van der Waals surface area contributed by atoms with Crippen molar-refractivity contribution in [1.82, 2.24) is 4.90 Å². The lowest BCUT2D eigenvalue weighted by molar-refractivity contribution is -0.128. The van der Waals surface area contributed by atoms with Crippen molar-refractivity contribution in [2.75, 3.05) is 17.2 Å². The number of hydrogen-bond donors (Lipinski definition) is 2. The topological polar surface area (TPSA) is 87.7 Å². The molecule has 1 aliphatic rings. The molecule has 0 atom stereocenters. The molecule has 3 amide bonds. The molecule has 164 valence electrons. The lowest BCUT2D eigenvalue weighted by Crippen LogP contribution is -2.27. The molecule has 1 heterocycles. The van der Waals surface area contributed by atoms with E-state index >= 15 is 0 Å². The molecule has 1 saturated heterocycles. The highest BCUT2D eigenvalue weighted by molar-refractivity contribution is 5.92. The summed E-state index contributed by atoms with van der Waals surface area (Å²) in [6, 6.07) is 14.6. The van der Waals surface area contributed by atoms with Crippen molar-refractivity contribution in [3.05, 3.63) is 59.7 Å². The first kappa shape index (κ1) is 22.3. The molecule has 1 aliphatic heterocycles. The van der Waals surface area contributed by atoms with Crippen molar-refractivity contribution < 1.29 is 19.1 Å². The van der Waals surface area contributed by atoms with Gasteiger partial charge in [0, 0.05) is 30.9 Å². The molecule has 31 heavy (non-hydrogen) atoms. The van der Waals surface area contributed by atoms with Crippen LogP contribution < -0.4 is 10.6 Å². The van der Waals surface area contributed by atoms with Gasteiger partial charge in [-0.2, -0.15) is 0 Å².